The number of esters is 1. The number of nitrogens with two attached hydrogens (primary N) is 1. The number of carboxylic acids is 2. The van der Waals surface area contributed by atoms with Crippen molar-refractivity contribution in [3.05, 3.63) is 0 Å². The first-order valence-corrected chi connectivity index (χ1v) is 13.3. The minimum atomic E-state index is -1.29. The third-order valence-electron chi connectivity index (χ3n) is 5.04. The smallest absolute Gasteiger partial charge is 0.375 e. The van der Waals surface area contributed by atoms with Gasteiger partial charge in [0, 0.05) is 12.2 Å². The lowest BCUT2D eigenvalue weighted by Crippen LogP contribution is -2.49. The molecule has 0 aromatic rings. The molecule has 2 amide bonds. The second-order valence-electron chi connectivity index (χ2n) is 8.26. The van der Waals surface area contributed by atoms with Crippen LogP contribution in [0.3, 0.4) is 0 Å². The number of carbonyl (C=O) groups is 6. The number of Topliss-reactive ketones (excluding diaryl/α,β-unsaturated/α-hetero) is 1. The molecule has 36 heavy (non-hydrogen) atoms. The summed E-state index contributed by atoms with van der Waals surface area (Å²) in [6.07, 6.45) is 8.16. The molecule has 0 radical (unpaired) electrons. The van der Waals surface area contributed by atoms with Gasteiger partial charge in [0.1, 0.15) is 18.6 Å². The number of thioether (sulfide) groups is 1. The Hall–Kier alpha value is -2.67. The second kappa shape index (κ2) is 20.5. The van der Waals surface area contributed by atoms with E-state index in [1.54, 1.807) is 0 Å². The Balaban J connectivity index is 4.42. The quantitative estimate of drug-likeness (QED) is 0.0750. The van der Waals surface area contributed by atoms with Crippen LogP contribution in [0, 0.1) is 0 Å². The summed E-state index contributed by atoms with van der Waals surface area (Å²) < 4.78 is 4.98. The fourth-order valence-corrected chi connectivity index (χ4v) is 3.85. The van der Waals surface area contributed by atoms with Crippen LogP contribution in [0.25, 0.3) is 0 Å². The lowest BCUT2D eigenvalue weighted by molar-refractivity contribution is -0.152. The highest BCUT2D eigenvalue weighted by Crippen LogP contribution is 2.09. The standard InChI is InChI=1S/C23H39N3O9S/c1-2-3-4-5-6-7-8-9-12-35-23(34)18(27)15-36-14-17(21(31)25-13-20(29)30)26-19(28)11-10-16(24)22(32)33/h16-17H,2-15,24H2,1H3,(H,25,31)(H,26,28)(H,29,30)(H,32,33). The van der Waals surface area contributed by atoms with Gasteiger partial charge in [-0.15, -0.1) is 0 Å². The van der Waals surface area contributed by atoms with Crippen molar-refractivity contribution in [2.75, 3.05) is 24.7 Å². The Kier molecular flexibility index (Phi) is 19.0. The summed E-state index contributed by atoms with van der Waals surface area (Å²) in [4.78, 5) is 69.6. The van der Waals surface area contributed by atoms with Crippen molar-refractivity contribution in [3.63, 3.8) is 0 Å². The Labute approximate surface area is 215 Å². The highest BCUT2D eigenvalue weighted by Gasteiger charge is 2.24. The first kappa shape index (κ1) is 33.3. The van der Waals surface area contributed by atoms with Crippen LogP contribution in [-0.2, 0) is 33.5 Å². The number of carbonyl (C=O) groups excluding carboxylic acids is 4. The van der Waals surface area contributed by atoms with Crippen LogP contribution < -0.4 is 16.4 Å². The number of carboxylic acid groups (broad SMARTS) is 2. The molecular formula is C23H39N3O9S. The van der Waals surface area contributed by atoms with Crippen LogP contribution in [0.15, 0.2) is 0 Å². The number of ketones is 1. The molecule has 13 heteroatoms. The largest absolute Gasteiger partial charge is 0.480 e. The molecule has 0 rings (SSSR count). The van der Waals surface area contributed by atoms with Crippen LogP contribution in [0.4, 0.5) is 0 Å². The minimum absolute atomic E-state index is 0.126. The van der Waals surface area contributed by atoms with E-state index < -0.39 is 54.1 Å². The lowest BCUT2D eigenvalue weighted by Gasteiger charge is -2.18. The highest BCUT2D eigenvalue weighted by atomic mass is 32.2. The molecule has 0 spiro atoms. The van der Waals surface area contributed by atoms with Gasteiger partial charge in [-0.05, 0) is 12.8 Å². The van der Waals surface area contributed by atoms with Crippen molar-refractivity contribution < 1.29 is 43.7 Å². The lowest BCUT2D eigenvalue weighted by atomic mass is 10.1. The third-order valence-corrected chi connectivity index (χ3v) is 6.08. The van der Waals surface area contributed by atoms with Gasteiger partial charge >= 0.3 is 17.9 Å². The summed E-state index contributed by atoms with van der Waals surface area (Å²) in [6, 6.07) is -2.46. The van der Waals surface area contributed by atoms with E-state index in [0.717, 1.165) is 31.0 Å². The Morgan fingerprint density at radius 1 is 0.944 bits per heavy atom. The van der Waals surface area contributed by atoms with Gasteiger partial charge < -0.3 is 31.3 Å². The van der Waals surface area contributed by atoms with Gasteiger partial charge in [-0.3, -0.25) is 24.0 Å². The number of hydrogen-bond donors (Lipinski definition) is 5. The second-order valence-corrected chi connectivity index (χ2v) is 9.29. The summed E-state index contributed by atoms with van der Waals surface area (Å²) in [5.41, 5.74) is 5.35. The maximum Gasteiger partial charge on any atom is 0.375 e. The normalized spacial score (nSPS) is 12.3. The van der Waals surface area contributed by atoms with Crippen LogP contribution in [0.2, 0.25) is 0 Å². The molecule has 0 aromatic carbocycles. The molecule has 0 aliphatic rings. The molecule has 206 valence electrons. The van der Waals surface area contributed by atoms with Gasteiger partial charge in [0.15, 0.2) is 0 Å². The van der Waals surface area contributed by atoms with Crippen LogP contribution in [0.1, 0.15) is 71.1 Å². The number of hydrogen-bond acceptors (Lipinski definition) is 9. The summed E-state index contributed by atoms with van der Waals surface area (Å²) in [5.74, 6) is -6.21. The van der Waals surface area contributed by atoms with Crippen LogP contribution in [0.5, 0.6) is 0 Å². The molecule has 0 fully saturated rings. The Morgan fingerprint density at radius 2 is 1.56 bits per heavy atom. The van der Waals surface area contributed by atoms with Crippen molar-refractivity contribution in [1.29, 1.82) is 0 Å². The fraction of sp³-hybridized carbons (Fsp3) is 0.739. The average molecular weight is 534 g/mol. The summed E-state index contributed by atoms with van der Waals surface area (Å²) in [7, 11) is 0. The van der Waals surface area contributed by atoms with Gasteiger partial charge in [-0.2, -0.15) is 11.8 Å². The first-order chi connectivity index (χ1) is 17.1. The van der Waals surface area contributed by atoms with Gasteiger partial charge in [0.2, 0.25) is 17.6 Å². The van der Waals surface area contributed by atoms with Gasteiger partial charge in [-0.25, -0.2) is 4.79 Å². The number of unbranched alkanes of at least 4 members (excludes halogenated alkanes) is 7. The molecule has 0 heterocycles. The zero-order valence-corrected chi connectivity index (χ0v) is 21.6. The molecule has 0 aliphatic heterocycles. The fourth-order valence-electron chi connectivity index (χ4n) is 2.96. The molecule has 2 atom stereocenters. The summed E-state index contributed by atoms with van der Waals surface area (Å²) in [5, 5.41) is 22.0. The van der Waals surface area contributed by atoms with Crippen molar-refractivity contribution in [3.8, 4) is 0 Å². The van der Waals surface area contributed by atoms with Gasteiger partial charge in [-0.1, -0.05) is 51.9 Å². The number of nitrogens with one attached hydrogen (secondary N) is 2. The minimum Gasteiger partial charge on any atom is -0.480 e. The zero-order valence-electron chi connectivity index (χ0n) is 20.8. The predicted octanol–water partition coefficient (Wildman–Crippen LogP) is 0.850. The van der Waals surface area contributed by atoms with Crippen molar-refractivity contribution in [2.24, 2.45) is 5.73 Å². The van der Waals surface area contributed by atoms with Crippen molar-refractivity contribution in [1.82, 2.24) is 10.6 Å². The van der Waals surface area contributed by atoms with E-state index in [0.29, 0.717) is 6.42 Å². The van der Waals surface area contributed by atoms with E-state index in [4.69, 9.17) is 20.7 Å². The number of amides is 2. The number of aliphatic carboxylic acids is 2. The van der Waals surface area contributed by atoms with E-state index in [2.05, 4.69) is 17.6 Å². The highest BCUT2D eigenvalue weighted by molar-refractivity contribution is 8.00. The van der Waals surface area contributed by atoms with Crippen LogP contribution in [-0.4, -0.2) is 82.5 Å². The molecule has 12 nitrogen and oxygen atoms in total. The van der Waals surface area contributed by atoms with E-state index in [-0.39, 0.29) is 31.0 Å². The van der Waals surface area contributed by atoms with E-state index >= 15 is 0 Å². The van der Waals surface area contributed by atoms with Gasteiger partial charge in [0.25, 0.3) is 0 Å². The molecule has 0 saturated carbocycles. The van der Waals surface area contributed by atoms with Gasteiger partial charge in [0.05, 0.1) is 12.4 Å². The Bertz CT molecular complexity index is 734. The summed E-state index contributed by atoms with van der Waals surface area (Å²) in [6.45, 7) is 1.64. The molecule has 6 N–H and O–H groups in total. The average Bonchev–Trinajstić information content (AvgIpc) is 2.83. The van der Waals surface area contributed by atoms with Crippen molar-refractivity contribution >= 4 is 47.3 Å². The SMILES string of the molecule is CCCCCCCCCCOC(=O)C(=O)CSCC(NC(=O)CCC(N)C(=O)O)C(=O)NCC(=O)O. The zero-order chi connectivity index (χ0) is 27.3. The maximum absolute atomic E-state index is 12.2. The number of ether oxygens (including phenoxy) is 1. The molecule has 0 saturated heterocycles. The van der Waals surface area contributed by atoms with E-state index in [1.165, 1.54) is 25.7 Å². The summed E-state index contributed by atoms with van der Waals surface area (Å²) >= 11 is 0.896. The molecular weight excluding hydrogens is 494 g/mol. The number of rotatable bonds is 22. The Morgan fingerprint density at radius 3 is 2.14 bits per heavy atom. The molecule has 2 unspecified atom stereocenters. The molecule has 0 bridgehead atoms. The molecule has 0 aliphatic carbocycles. The third kappa shape index (κ3) is 17.7. The van der Waals surface area contributed by atoms with E-state index in [1.807, 2.05) is 0 Å². The first-order valence-electron chi connectivity index (χ1n) is 12.1. The predicted molar refractivity (Wildman–Crippen MR) is 133 cm³/mol. The van der Waals surface area contributed by atoms with E-state index in [9.17, 15) is 28.8 Å². The van der Waals surface area contributed by atoms with Crippen LogP contribution >= 0.6 is 11.8 Å². The maximum atomic E-state index is 12.2. The topological polar surface area (TPSA) is 202 Å². The van der Waals surface area contributed by atoms with Crippen molar-refractivity contribution in [2.45, 2.75) is 83.2 Å². The molecule has 0 aromatic heterocycles. The monoisotopic (exact) mass is 533 g/mol.